The first-order chi connectivity index (χ1) is 16.7. The minimum absolute atomic E-state index is 0.102. The van der Waals surface area contributed by atoms with Crippen LogP contribution in [0.25, 0.3) is 0 Å². The Hall–Kier alpha value is -3.79. The molecule has 1 aliphatic carbocycles. The van der Waals surface area contributed by atoms with Crippen molar-refractivity contribution in [3.05, 3.63) is 29.7 Å². The molecular weight excluding hydrogens is 500 g/mol. The molecule has 4 rings (SSSR count). The Morgan fingerprint density at radius 3 is 2.63 bits per heavy atom. The number of hydrogen-bond acceptors (Lipinski definition) is 11. The Morgan fingerprint density at radius 1 is 1.23 bits per heavy atom. The number of thiazole rings is 1. The van der Waals surface area contributed by atoms with E-state index in [1.807, 2.05) is 0 Å². The number of nitrogens with zero attached hydrogens (tertiary/aromatic N) is 6. The number of carboxylic acids is 1. The van der Waals surface area contributed by atoms with Crippen LogP contribution >= 0.6 is 11.3 Å². The van der Waals surface area contributed by atoms with Crippen molar-refractivity contribution >= 4 is 49.8 Å². The molecule has 3 heterocycles. The van der Waals surface area contributed by atoms with Gasteiger partial charge in [0, 0.05) is 25.4 Å². The summed E-state index contributed by atoms with van der Waals surface area (Å²) in [4.78, 5) is 44.8. The summed E-state index contributed by atoms with van der Waals surface area (Å²) in [5.74, 6) is -1.54. The van der Waals surface area contributed by atoms with E-state index in [1.54, 1.807) is 0 Å². The maximum atomic E-state index is 13.0. The molecule has 0 spiro atoms. The van der Waals surface area contributed by atoms with Gasteiger partial charge in [-0.1, -0.05) is 29.3 Å². The topological polar surface area (TPSA) is 199 Å². The number of carboxylic acid groups (broad SMARTS) is 1. The SMILES string of the molecule is Cn1nnnc1S(=O)(=O)c1sc(NC(=O)Nc2ccncc2C(=O)C2CCCC2)nc1CC(=O)O. The zero-order valence-electron chi connectivity index (χ0n) is 18.3. The van der Waals surface area contributed by atoms with Gasteiger partial charge in [0.15, 0.2) is 15.1 Å². The monoisotopic (exact) mass is 520 g/mol. The number of sulfone groups is 1. The molecule has 3 aromatic rings. The first-order valence-electron chi connectivity index (χ1n) is 10.4. The van der Waals surface area contributed by atoms with Crippen LogP contribution in [0.4, 0.5) is 15.6 Å². The highest BCUT2D eigenvalue weighted by Gasteiger charge is 2.32. The summed E-state index contributed by atoms with van der Waals surface area (Å²) >= 11 is 0.563. The molecule has 14 nitrogen and oxygen atoms in total. The second-order valence-corrected chi connectivity index (χ2v) is 10.8. The zero-order valence-corrected chi connectivity index (χ0v) is 20.0. The van der Waals surface area contributed by atoms with Crippen LogP contribution in [0.2, 0.25) is 0 Å². The van der Waals surface area contributed by atoms with Gasteiger partial charge in [-0.2, -0.15) is 0 Å². The average Bonchev–Trinajstić information content (AvgIpc) is 3.55. The predicted molar refractivity (Wildman–Crippen MR) is 121 cm³/mol. The van der Waals surface area contributed by atoms with Crippen molar-refractivity contribution in [1.82, 2.24) is 30.2 Å². The predicted octanol–water partition coefficient (Wildman–Crippen LogP) is 1.54. The molecular formula is C19H20N8O6S2. The van der Waals surface area contributed by atoms with Gasteiger partial charge in [0.05, 0.1) is 23.4 Å². The summed E-state index contributed by atoms with van der Waals surface area (Å²) < 4.78 is 26.5. The van der Waals surface area contributed by atoms with Gasteiger partial charge in [-0.15, -0.1) is 0 Å². The number of aliphatic carboxylic acids is 1. The van der Waals surface area contributed by atoms with Crippen LogP contribution in [0, 0.1) is 5.92 Å². The number of ketones is 1. The molecule has 0 radical (unpaired) electrons. The molecule has 0 atom stereocenters. The number of carbonyl (C=O) groups is 3. The number of urea groups is 1. The summed E-state index contributed by atoms with van der Waals surface area (Å²) in [5, 5.41) is 23.7. The van der Waals surface area contributed by atoms with Crippen molar-refractivity contribution in [2.75, 3.05) is 10.6 Å². The van der Waals surface area contributed by atoms with E-state index < -0.39 is 37.6 Å². The lowest BCUT2D eigenvalue weighted by atomic mass is 9.96. The van der Waals surface area contributed by atoms with E-state index in [1.165, 1.54) is 25.5 Å². The third-order valence-electron chi connectivity index (χ3n) is 5.33. The number of hydrogen-bond donors (Lipinski definition) is 3. The third-order valence-corrected chi connectivity index (χ3v) is 8.59. The highest BCUT2D eigenvalue weighted by Crippen LogP contribution is 2.33. The quantitative estimate of drug-likeness (QED) is 0.364. The van der Waals surface area contributed by atoms with Crippen molar-refractivity contribution in [3.63, 3.8) is 0 Å². The van der Waals surface area contributed by atoms with Crippen molar-refractivity contribution in [3.8, 4) is 0 Å². The second-order valence-electron chi connectivity index (χ2n) is 7.76. The minimum atomic E-state index is -4.31. The van der Waals surface area contributed by atoms with Gasteiger partial charge < -0.3 is 10.4 Å². The Labute approximate surface area is 202 Å². The van der Waals surface area contributed by atoms with Crippen LogP contribution in [0.5, 0.6) is 0 Å². The summed E-state index contributed by atoms with van der Waals surface area (Å²) in [6.07, 6.45) is 5.62. The lowest BCUT2D eigenvalue weighted by Gasteiger charge is -2.13. The maximum Gasteiger partial charge on any atom is 0.325 e. The highest BCUT2D eigenvalue weighted by atomic mass is 32.2. The molecule has 0 aromatic carbocycles. The van der Waals surface area contributed by atoms with Crippen LogP contribution in [-0.4, -0.2) is 61.5 Å². The number of pyridine rings is 1. The molecule has 16 heteroatoms. The number of aryl methyl sites for hydroxylation is 1. The molecule has 3 aromatic heterocycles. The van der Waals surface area contributed by atoms with Crippen LogP contribution in [0.15, 0.2) is 27.8 Å². The smallest absolute Gasteiger partial charge is 0.325 e. The fourth-order valence-corrected chi connectivity index (χ4v) is 6.48. The number of carbonyl (C=O) groups excluding carboxylic acids is 2. The average molecular weight is 521 g/mol. The minimum Gasteiger partial charge on any atom is -0.481 e. The van der Waals surface area contributed by atoms with E-state index >= 15 is 0 Å². The number of amides is 2. The lowest BCUT2D eigenvalue weighted by Crippen LogP contribution is -2.22. The van der Waals surface area contributed by atoms with Crippen LogP contribution in [0.3, 0.4) is 0 Å². The lowest BCUT2D eigenvalue weighted by molar-refractivity contribution is -0.136. The van der Waals surface area contributed by atoms with E-state index in [-0.39, 0.29) is 33.8 Å². The zero-order chi connectivity index (χ0) is 25.2. The number of aromatic nitrogens is 6. The van der Waals surface area contributed by atoms with Gasteiger partial charge in [-0.25, -0.2) is 22.9 Å². The molecule has 0 aliphatic heterocycles. The van der Waals surface area contributed by atoms with Gasteiger partial charge in [0.25, 0.3) is 15.0 Å². The number of rotatable bonds is 8. The number of Topliss-reactive ketones (excluding diaryl/α,β-unsaturated/α-hetero) is 1. The van der Waals surface area contributed by atoms with Crippen LogP contribution < -0.4 is 10.6 Å². The van der Waals surface area contributed by atoms with Gasteiger partial charge >= 0.3 is 12.0 Å². The molecule has 35 heavy (non-hydrogen) atoms. The fraction of sp³-hybridized carbons (Fsp3) is 0.368. The molecule has 184 valence electrons. The van der Waals surface area contributed by atoms with E-state index in [0.717, 1.165) is 30.4 Å². The molecule has 1 saturated carbocycles. The number of tetrazole rings is 1. The van der Waals surface area contributed by atoms with Crippen molar-refractivity contribution < 1.29 is 27.9 Å². The number of nitrogens with one attached hydrogen (secondary N) is 2. The van der Waals surface area contributed by atoms with E-state index in [9.17, 15) is 27.9 Å². The fourth-order valence-electron chi connectivity index (χ4n) is 3.75. The standard InChI is InChI=1S/C19H20N8O6S2/c1-27-19(24-25-26-27)35(32,33)16-13(8-14(28)29)22-18(34-16)23-17(31)21-12-6-7-20-9-11(12)15(30)10-4-2-3-5-10/h6-7,9-10H,2-5,8H2,1H3,(H,28,29)(H2,20,21,22,23,31). The Bertz CT molecular complexity index is 1390. The second kappa shape index (κ2) is 9.83. The summed E-state index contributed by atoms with van der Waals surface area (Å²) in [5.41, 5.74) is 0.245. The molecule has 3 N–H and O–H groups in total. The molecule has 0 unspecified atom stereocenters. The molecule has 0 saturated heterocycles. The molecule has 1 fully saturated rings. The number of anilines is 2. The Morgan fingerprint density at radius 2 is 1.97 bits per heavy atom. The maximum absolute atomic E-state index is 13.0. The third kappa shape index (κ3) is 5.17. The molecule has 2 amide bonds. The van der Waals surface area contributed by atoms with Crippen LogP contribution in [0.1, 0.15) is 41.7 Å². The normalized spacial score (nSPS) is 14.1. The van der Waals surface area contributed by atoms with Gasteiger partial charge in [-0.3, -0.25) is 19.9 Å². The van der Waals surface area contributed by atoms with Crippen molar-refractivity contribution in [2.24, 2.45) is 13.0 Å². The first-order valence-corrected chi connectivity index (χ1v) is 12.7. The van der Waals surface area contributed by atoms with Gasteiger partial charge in [0.2, 0.25) is 0 Å². The summed E-state index contributed by atoms with van der Waals surface area (Å²) in [7, 11) is -2.99. The Kier molecular flexibility index (Phi) is 6.83. The van der Waals surface area contributed by atoms with Crippen LogP contribution in [-0.2, 0) is 28.1 Å². The summed E-state index contributed by atoms with van der Waals surface area (Å²) in [6.45, 7) is 0. The van der Waals surface area contributed by atoms with Crippen molar-refractivity contribution in [1.29, 1.82) is 0 Å². The molecule has 0 bridgehead atoms. The highest BCUT2D eigenvalue weighted by molar-refractivity contribution is 7.93. The van der Waals surface area contributed by atoms with E-state index in [2.05, 4.69) is 36.1 Å². The molecule has 1 aliphatic rings. The summed E-state index contributed by atoms with van der Waals surface area (Å²) in [6, 6.07) is 0.688. The van der Waals surface area contributed by atoms with E-state index in [0.29, 0.717) is 11.3 Å². The Balaban J connectivity index is 1.57. The van der Waals surface area contributed by atoms with E-state index in [4.69, 9.17) is 0 Å². The van der Waals surface area contributed by atoms with Gasteiger partial charge in [0.1, 0.15) is 0 Å². The first kappa shape index (κ1) is 24.3. The largest absolute Gasteiger partial charge is 0.481 e. The van der Waals surface area contributed by atoms with Gasteiger partial charge in [-0.05, 0) is 29.3 Å². The van der Waals surface area contributed by atoms with Crippen molar-refractivity contribution in [2.45, 2.75) is 41.5 Å².